The molecule has 2 rings (SSSR count). The third kappa shape index (κ3) is 19.4. The van der Waals surface area contributed by atoms with Gasteiger partial charge < -0.3 is 63.6 Å². The first-order valence-corrected chi connectivity index (χ1v) is 21.4. The van der Waals surface area contributed by atoms with E-state index in [4.69, 9.17) is 23.4 Å². The molecule has 8 atom stereocenters. The van der Waals surface area contributed by atoms with Gasteiger partial charge in [-0.25, -0.2) is 0 Å². The van der Waals surface area contributed by atoms with Crippen LogP contribution < -0.4 is 43.4 Å². The number of rotatable bonds is 29. The van der Waals surface area contributed by atoms with Crippen molar-refractivity contribution in [1.82, 2.24) is 36.8 Å². The van der Waals surface area contributed by atoms with E-state index in [1.807, 2.05) is 0 Å². The highest BCUT2D eigenvalue weighted by molar-refractivity contribution is 5.99. The number of aryl methyl sites for hydroxylation is 1. The van der Waals surface area contributed by atoms with E-state index in [1.165, 1.54) is 0 Å². The van der Waals surface area contributed by atoms with Crippen LogP contribution in [0.4, 0.5) is 0 Å². The lowest BCUT2D eigenvalue weighted by Crippen LogP contribution is -2.60. The average molecular weight is 955 g/mol. The minimum Gasteiger partial charge on any atom is -0.481 e. The largest absolute Gasteiger partial charge is 0.481 e. The molecule has 68 heavy (non-hydrogen) atoms. The summed E-state index contributed by atoms with van der Waals surface area (Å²) in [5.41, 5.74) is 20.3. The Labute approximate surface area is 390 Å². The highest BCUT2D eigenvalue weighted by Crippen LogP contribution is 2.21. The first-order chi connectivity index (χ1) is 32.1. The fourth-order valence-corrected chi connectivity index (χ4v) is 6.94. The lowest BCUT2D eigenvalue weighted by Gasteiger charge is -2.31. The molecule has 2 unspecified atom stereocenters. The van der Waals surface area contributed by atoms with Gasteiger partial charge in [-0.2, -0.15) is 0 Å². The van der Waals surface area contributed by atoms with Gasteiger partial charge in [-0.1, -0.05) is 49.3 Å². The summed E-state index contributed by atoms with van der Waals surface area (Å²) in [4.78, 5) is 146. The minimum atomic E-state index is -1.92. The molecular formula is C42H58N12O14. The molecule has 26 heteroatoms. The summed E-state index contributed by atoms with van der Waals surface area (Å²) in [6.45, 7) is 3.33. The molecule has 0 saturated carbocycles. The lowest BCUT2D eigenvalue weighted by atomic mass is 10.0. The topological polar surface area (TPSA) is 425 Å². The molecule has 1 aromatic carbocycles. The van der Waals surface area contributed by atoms with Gasteiger partial charge in [-0.3, -0.25) is 52.7 Å². The van der Waals surface area contributed by atoms with Gasteiger partial charge >= 0.3 is 17.9 Å². The number of nitrogens with one attached hydrogen (secondary N) is 6. The van der Waals surface area contributed by atoms with Gasteiger partial charge in [0.1, 0.15) is 42.3 Å². The van der Waals surface area contributed by atoms with Crippen molar-refractivity contribution < 1.29 is 68.1 Å². The Morgan fingerprint density at radius 2 is 1.26 bits per heavy atom. The standard InChI is InChI=1S/C42H58N12O14/c1-4-9-24(35(44)61)46-36(62)26(15-17-31(55)56)47-38(64)28(20-22(2)3)51-40(66)30-12-8-19-54(30)42(68)27(16-18-32(57)58)49-39(65)29(21-33(59)60)50-37(63)25(48-41(67)34(43)52-53-45)14-13-23-10-6-5-7-11-23/h1,5-7,10-11,22,24-30,34H,8-9,12-21,43H2,2-3H3,(H2,44,61)(H,46,62)(H,47,64)(H,48,67)(H,49,65)(H,50,63)(H,51,66)(H,55,56)(H,57,58)(H,59,60)/t24?,25-,26-,27-,28-,29-,30-,34?/m0/s1. The number of benzene rings is 1. The summed E-state index contributed by atoms with van der Waals surface area (Å²) in [6, 6.07) is -2.03. The third-order valence-electron chi connectivity index (χ3n) is 10.4. The maximum Gasteiger partial charge on any atom is 0.305 e. The summed E-state index contributed by atoms with van der Waals surface area (Å²) >= 11 is 0. The van der Waals surface area contributed by atoms with Gasteiger partial charge in [0, 0.05) is 30.7 Å². The molecule has 1 heterocycles. The normalized spacial score (nSPS) is 16.0. The van der Waals surface area contributed by atoms with Crippen LogP contribution in [0.2, 0.25) is 0 Å². The van der Waals surface area contributed by atoms with Crippen LogP contribution >= 0.6 is 0 Å². The van der Waals surface area contributed by atoms with Crippen LogP contribution in [0.3, 0.4) is 0 Å². The summed E-state index contributed by atoms with van der Waals surface area (Å²) in [7, 11) is 0. The summed E-state index contributed by atoms with van der Waals surface area (Å²) in [5.74, 6) is -10.5. The van der Waals surface area contributed by atoms with Crippen molar-refractivity contribution in [3.8, 4) is 12.3 Å². The second kappa shape index (κ2) is 28.3. The van der Waals surface area contributed by atoms with Crippen molar-refractivity contribution in [2.45, 2.75) is 133 Å². The van der Waals surface area contributed by atoms with Crippen LogP contribution in [-0.4, -0.2) is 140 Å². The number of hydrogen-bond donors (Lipinski definition) is 11. The van der Waals surface area contributed by atoms with Crippen LogP contribution in [-0.2, 0) is 59.2 Å². The quantitative estimate of drug-likeness (QED) is 0.0177. The van der Waals surface area contributed by atoms with Crippen molar-refractivity contribution in [3.63, 3.8) is 0 Å². The number of nitrogens with two attached hydrogens (primary N) is 2. The van der Waals surface area contributed by atoms with E-state index < -0.39 is 146 Å². The molecule has 1 aliphatic heterocycles. The molecular weight excluding hydrogens is 897 g/mol. The number of nitrogens with zero attached hydrogens (tertiary/aromatic N) is 4. The van der Waals surface area contributed by atoms with E-state index >= 15 is 0 Å². The van der Waals surface area contributed by atoms with E-state index in [9.17, 15) is 68.1 Å². The molecule has 0 spiro atoms. The summed E-state index contributed by atoms with van der Waals surface area (Å²) in [6.07, 6.45) is 0.107. The van der Waals surface area contributed by atoms with Crippen molar-refractivity contribution in [2.75, 3.05) is 6.54 Å². The number of carbonyl (C=O) groups is 11. The number of terminal acetylenes is 1. The number of primary amides is 1. The minimum absolute atomic E-state index is 0.0254. The molecule has 13 N–H and O–H groups in total. The summed E-state index contributed by atoms with van der Waals surface area (Å²) in [5, 5.41) is 45.7. The Balaban J connectivity index is 2.38. The van der Waals surface area contributed by atoms with Crippen LogP contribution in [0.1, 0.15) is 83.6 Å². The number of aliphatic carboxylic acids is 3. The Morgan fingerprint density at radius 3 is 1.81 bits per heavy atom. The Hall–Kier alpha value is -7.78. The monoisotopic (exact) mass is 954 g/mol. The number of carbonyl (C=O) groups excluding carboxylic acids is 8. The Bertz CT molecular complexity index is 2110. The number of azide groups is 1. The molecule has 0 bridgehead atoms. The molecule has 1 fully saturated rings. The third-order valence-corrected chi connectivity index (χ3v) is 10.4. The first kappa shape index (κ1) is 56.3. The number of carboxylic acids is 3. The van der Waals surface area contributed by atoms with Gasteiger partial charge in [0.05, 0.1) is 6.42 Å². The zero-order chi connectivity index (χ0) is 51.1. The van der Waals surface area contributed by atoms with Gasteiger partial charge in [-0.05, 0) is 62.0 Å². The first-order valence-electron chi connectivity index (χ1n) is 21.4. The Kier molecular flexibility index (Phi) is 23.5. The SMILES string of the molecule is C#CCC(NC(=O)[C@H](CCC(=O)O)NC(=O)[C@H](CC(C)C)NC(=O)[C@@H]1CCCN1C(=O)[C@H](CCC(=O)O)NC(=O)[C@H](CC(=O)O)NC(=O)[C@H](CCc1ccccc1)NC(=O)C(N)N=[N+]=[N-])C(N)=O. The van der Waals surface area contributed by atoms with Crippen LogP contribution in [0.15, 0.2) is 35.4 Å². The molecule has 1 saturated heterocycles. The van der Waals surface area contributed by atoms with Gasteiger partial charge in [0.15, 0.2) is 6.17 Å². The number of likely N-dealkylation sites (tertiary alicyclic amines) is 1. The molecule has 26 nitrogen and oxygen atoms in total. The molecule has 1 aliphatic rings. The number of hydrogen-bond acceptors (Lipinski definition) is 13. The zero-order valence-corrected chi connectivity index (χ0v) is 37.4. The average Bonchev–Trinajstić information content (AvgIpc) is 3.77. The fourth-order valence-electron chi connectivity index (χ4n) is 6.94. The van der Waals surface area contributed by atoms with Crippen molar-refractivity contribution in [3.05, 3.63) is 46.3 Å². The highest BCUT2D eigenvalue weighted by atomic mass is 16.4. The highest BCUT2D eigenvalue weighted by Gasteiger charge is 2.41. The molecule has 1 aromatic rings. The van der Waals surface area contributed by atoms with E-state index in [1.54, 1.807) is 44.2 Å². The second-order valence-electron chi connectivity index (χ2n) is 16.1. The van der Waals surface area contributed by atoms with Crippen LogP contribution in [0.25, 0.3) is 10.4 Å². The number of amides is 8. The van der Waals surface area contributed by atoms with Gasteiger partial charge in [-0.15, -0.1) is 12.3 Å². The van der Waals surface area contributed by atoms with Crippen LogP contribution in [0, 0.1) is 18.3 Å². The van der Waals surface area contributed by atoms with Crippen molar-refractivity contribution in [1.29, 1.82) is 0 Å². The van der Waals surface area contributed by atoms with Crippen molar-refractivity contribution in [2.24, 2.45) is 22.5 Å². The maximum absolute atomic E-state index is 14.2. The van der Waals surface area contributed by atoms with Crippen LogP contribution in [0.5, 0.6) is 0 Å². The van der Waals surface area contributed by atoms with Crippen molar-refractivity contribution >= 4 is 65.2 Å². The zero-order valence-electron chi connectivity index (χ0n) is 37.4. The lowest BCUT2D eigenvalue weighted by molar-refractivity contribution is -0.144. The number of carboxylic acid groups (broad SMARTS) is 3. The molecule has 370 valence electrons. The van der Waals surface area contributed by atoms with Gasteiger partial charge in [0.25, 0.3) is 0 Å². The van der Waals surface area contributed by atoms with E-state index in [2.05, 4.69) is 47.8 Å². The molecule has 0 aliphatic carbocycles. The van der Waals surface area contributed by atoms with E-state index in [0.717, 1.165) is 10.5 Å². The second-order valence-corrected chi connectivity index (χ2v) is 16.1. The predicted molar refractivity (Wildman–Crippen MR) is 236 cm³/mol. The smallest absolute Gasteiger partial charge is 0.305 e. The van der Waals surface area contributed by atoms with Gasteiger partial charge in [0.2, 0.25) is 47.3 Å². The molecule has 8 amide bonds. The molecule has 0 radical (unpaired) electrons. The predicted octanol–water partition coefficient (Wildman–Crippen LogP) is -2.13. The van der Waals surface area contributed by atoms with E-state index in [-0.39, 0.29) is 51.0 Å². The summed E-state index contributed by atoms with van der Waals surface area (Å²) < 4.78 is 0. The van der Waals surface area contributed by atoms with E-state index in [0.29, 0.717) is 0 Å². The molecule has 0 aromatic heterocycles. The fraction of sp³-hybridized carbons (Fsp3) is 0.548. The Morgan fingerprint density at radius 1 is 0.750 bits per heavy atom. The maximum atomic E-state index is 14.2.